The molecule has 3 N–H and O–H groups in total. The van der Waals surface area contributed by atoms with Crippen LogP contribution in [0.3, 0.4) is 0 Å². The summed E-state index contributed by atoms with van der Waals surface area (Å²) in [5.41, 5.74) is 5.14. The van der Waals surface area contributed by atoms with E-state index in [1.54, 1.807) is 0 Å². The van der Waals surface area contributed by atoms with E-state index in [0.29, 0.717) is 6.42 Å². The molecule has 2 atom stereocenters. The van der Waals surface area contributed by atoms with Crippen molar-refractivity contribution in [2.45, 2.75) is 116 Å². The van der Waals surface area contributed by atoms with Crippen LogP contribution in [0.4, 0.5) is 0 Å². The summed E-state index contributed by atoms with van der Waals surface area (Å²) in [6.07, 6.45) is 18.0. The summed E-state index contributed by atoms with van der Waals surface area (Å²) in [4.78, 5) is 23.0. The van der Waals surface area contributed by atoms with Gasteiger partial charge in [0, 0.05) is 13.0 Å². The molecule has 32 heavy (non-hydrogen) atoms. The molecule has 8 nitrogen and oxygen atoms in total. The second kappa shape index (κ2) is 22.3. The highest BCUT2D eigenvalue weighted by molar-refractivity contribution is 7.45. The van der Waals surface area contributed by atoms with E-state index < -0.39 is 26.5 Å². The fourth-order valence-corrected chi connectivity index (χ4v) is 4.09. The van der Waals surface area contributed by atoms with E-state index in [1.807, 2.05) is 0 Å². The lowest BCUT2D eigenvalue weighted by Gasteiger charge is -2.23. The maximum atomic E-state index is 11.7. The van der Waals surface area contributed by atoms with Gasteiger partial charge in [0.25, 0.3) is 7.82 Å². The van der Waals surface area contributed by atoms with Crippen molar-refractivity contribution in [2.24, 2.45) is 5.73 Å². The second-order valence-electron chi connectivity index (χ2n) is 8.40. The molecule has 9 heteroatoms. The third-order valence-electron chi connectivity index (χ3n) is 5.21. The Morgan fingerprint density at radius 1 is 0.844 bits per heavy atom. The summed E-state index contributed by atoms with van der Waals surface area (Å²) in [5.74, 6) is -0.400. The Morgan fingerprint density at radius 2 is 1.31 bits per heavy atom. The Bertz CT molecular complexity index is 479. The Morgan fingerprint density at radius 3 is 1.78 bits per heavy atom. The minimum atomic E-state index is -4.49. The van der Waals surface area contributed by atoms with E-state index in [2.05, 4.69) is 16.0 Å². The number of carbonyl (C=O) groups excluding carboxylic acids is 1. The number of aliphatic hydroxyl groups excluding tert-OH is 1. The number of unbranched alkanes of at least 4 members (excludes halogenated alkanes) is 14. The molecule has 0 fully saturated rings. The molecule has 0 saturated carbocycles. The number of nitrogens with two attached hydrogens (primary N) is 1. The highest BCUT2D eigenvalue weighted by atomic mass is 31.2. The molecule has 0 radical (unpaired) electrons. The number of hydrogen-bond donors (Lipinski definition) is 2. The number of esters is 1. The topological polar surface area (TPSA) is 131 Å². The van der Waals surface area contributed by atoms with Gasteiger partial charge >= 0.3 is 5.97 Å². The molecule has 0 aromatic rings. The van der Waals surface area contributed by atoms with Gasteiger partial charge < -0.3 is 29.5 Å². The van der Waals surface area contributed by atoms with Crippen LogP contribution in [0.25, 0.3) is 0 Å². The fraction of sp³-hybridized carbons (Fsp3) is 0.957. The van der Waals surface area contributed by atoms with Crippen LogP contribution in [0.15, 0.2) is 0 Å². The van der Waals surface area contributed by atoms with Gasteiger partial charge in [-0.1, -0.05) is 96.8 Å². The first kappa shape index (κ1) is 31.5. The van der Waals surface area contributed by atoms with E-state index in [1.165, 1.54) is 77.0 Å². The lowest BCUT2D eigenvalue weighted by atomic mass is 10.0. The van der Waals surface area contributed by atoms with Gasteiger partial charge in [-0.05, 0) is 6.42 Å². The summed E-state index contributed by atoms with van der Waals surface area (Å²) >= 11 is 0. The van der Waals surface area contributed by atoms with Crippen molar-refractivity contribution in [1.82, 2.24) is 0 Å². The standard InChI is InChI=1S/C23H48NO7P/c1-2-3-4-5-6-7-8-9-10-11-12-13-14-15-16-17-23(26)29-20-22(25)21-31-32(27,28)30-19-18-24/h22,25H,2-21,24H2,1H3,(H,27,28)/p-1. The molecular formula is C23H47NO7P-. The molecule has 0 spiro atoms. The minimum absolute atomic E-state index is 0.0368. The Hall–Kier alpha value is -0.500. The van der Waals surface area contributed by atoms with Gasteiger partial charge in [-0.15, -0.1) is 0 Å². The van der Waals surface area contributed by atoms with Gasteiger partial charge in [0.15, 0.2) is 0 Å². The van der Waals surface area contributed by atoms with Gasteiger partial charge in [-0.2, -0.15) is 0 Å². The van der Waals surface area contributed by atoms with Crippen molar-refractivity contribution >= 4 is 13.8 Å². The second-order valence-corrected chi connectivity index (χ2v) is 9.81. The van der Waals surface area contributed by atoms with Crippen LogP contribution in [-0.4, -0.2) is 43.5 Å². The number of ether oxygens (including phenoxy) is 1. The van der Waals surface area contributed by atoms with Crippen LogP contribution in [-0.2, 0) is 23.1 Å². The van der Waals surface area contributed by atoms with Crippen molar-refractivity contribution in [3.8, 4) is 0 Å². The number of rotatable bonds is 24. The SMILES string of the molecule is CCCCCCCCCCCCCCCCCC(=O)OCC(O)COP(=O)([O-])OCCN. The fourth-order valence-electron chi connectivity index (χ4n) is 3.33. The lowest BCUT2D eigenvalue weighted by molar-refractivity contribution is -0.227. The molecule has 0 saturated heterocycles. The molecule has 0 bridgehead atoms. The van der Waals surface area contributed by atoms with Crippen molar-refractivity contribution in [2.75, 3.05) is 26.4 Å². The van der Waals surface area contributed by atoms with Gasteiger partial charge in [-0.3, -0.25) is 9.36 Å². The van der Waals surface area contributed by atoms with Crippen LogP contribution >= 0.6 is 7.82 Å². The molecule has 0 heterocycles. The predicted molar refractivity (Wildman–Crippen MR) is 125 cm³/mol. The highest BCUT2D eigenvalue weighted by Gasteiger charge is 2.14. The zero-order valence-electron chi connectivity index (χ0n) is 20.1. The molecule has 0 aliphatic carbocycles. The molecule has 192 valence electrons. The quantitative estimate of drug-likeness (QED) is 0.116. The molecule has 0 aliphatic heterocycles. The summed E-state index contributed by atoms with van der Waals surface area (Å²) in [7, 11) is -4.49. The number of phosphoric ester groups is 1. The van der Waals surface area contributed by atoms with Crippen molar-refractivity contribution in [3.63, 3.8) is 0 Å². The molecule has 0 amide bonds. The third kappa shape index (κ3) is 22.7. The van der Waals surface area contributed by atoms with Crippen molar-refractivity contribution in [3.05, 3.63) is 0 Å². The number of aliphatic hydroxyl groups is 1. The van der Waals surface area contributed by atoms with E-state index in [0.717, 1.165) is 19.3 Å². The Labute approximate surface area is 195 Å². The molecule has 0 aromatic carbocycles. The van der Waals surface area contributed by atoms with E-state index in [-0.39, 0.29) is 19.8 Å². The molecule has 0 rings (SSSR count). The molecular weight excluding hydrogens is 433 g/mol. The van der Waals surface area contributed by atoms with E-state index in [4.69, 9.17) is 10.5 Å². The number of phosphoric acid groups is 1. The first-order valence-corrected chi connectivity index (χ1v) is 14.0. The number of carbonyl (C=O) groups is 1. The van der Waals surface area contributed by atoms with E-state index in [9.17, 15) is 19.4 Å². The normalized spacial score (nSPS) is 14.2. The van der Waals surface area contributed by atoms with E-state index >= 15 is 0 Å². The van der Waals surface area contributed by atoms with Crippen LogP contribution in [0.1, 0.15) is 110 Å². The average Bonchev–Trinajstić information content (AvgIpc) is 2.77. The van der Waals surface area contributed by atoms with Gasteiger partial charge in [0.2, 0.25) is 0 Å². The zero-order valence-corrected chi connectivity index (χ0v) is 21.0. The van der Waals surface area contributed by atoms with Crippen molar-refractivity contribution in [1.29, 1.82) is 0 Å². The smallest absolute Gasteiger partial charge is 0.305 e. The first-order valence-electron chi connectivity index (χ1n) is 12.5. The van der Waals surface area contributed by atoms with Crippen LogP contribution in [0.2, 0.25) is 0 Å². The predicted octanol–water partition coefficient (Wildman–Crippen LogP) is 4.61. The highest BCUT2D eigenvalue weighted by Crippen LogP contribution is 2.37. The van der Waals surface area contributed by atoms with Gasteiger partial charge in [0.05, 0.1) is 13.2 Å². The average molecular weight is 481 g/mol. The van der Waals surface area contributed by atoms with Crippen molar-refractivity contribution < 1.29 is 33.1 Å². The molecule has 0 aromatic heterocycles. The summed E-state index contributed by atoms with van der Waals surface area (Å²) < 4.78 is 25.2. The van der Waals surface area contributed by atoms with Gasteiger partial charge in [-0.25, -0.2) is 0 Å². The third-order valence-corrected chi connectivity index (χ3v) is 6.18. The number of hydrogen-bond acceptors (Lipinski definition) is 8. The first-order chi connectivity index (χ1) is 15.4. The maximum Gasteiger partial charge on any atom is 0.305 e. The minimum Gasteiger partial charge on any atom is -0.756 e. The monoisotopic (exact) mass is 480 g/mol. The lowest BCUT2D eigenvalue weighted by Crippen LogP contribution is -2.25. The molecule has 0 aliphatic rings. The Balaban J connectivity index is 3.41. The largest absolute Gasteiger partial charge is 0.756 e. The van der Waals surface area contributed by atoms with Crippen LogP contribution in [0, 0.1) is 0 Å². The maximum absolute atomic E-state index is 11.7. The summed E-state index contributed by atoms with van der Waals surface area (Å²) in [6, 6.07) is 0. The Kier molecular flexibility index (Phi) is 22.0. The van der Waals surface area contributed by atoms with Crippen LogP contribution < -0.4 is 10.6 Å². The summed E-state index contributed by atoms with van der Waals surface area (Å²) in [5, 5.41) is 9.65. The zero-order chi connectivity index (χ0) is 23.9. The molecule has 2 unspecified atom stereocenters. The summed E-state index contributed by atoms with van der Waals surface area (Å²) in [6.45, 7) is 1.26. The van der Waals surface area contributed by atoms with Gasteiger partial charge in [0.1, 0.15) is 12.7 Å². The van der Waals surface area contributed by atoms with Crippen LogP contribution in [0.5, 0.6) is 0 Å².